The van der Waals surface area contributed by atoms with Crippen molar-refractivity contribution >= 4 is 40.6 Å². The van der Waals surface area contributed by atoms with Gasteiger partial charge in [0, 0.05) is 37.7 Å². The zero-order valence-corrected chi connectivity index (χ0v) is 16.3. The van der Waals surface area contributed by atoms with E-state index < -0.39 is 5.91 Å². The molecule has 0 aliphatic carbocycles. The van der Waals surface area contributed by atoms with Gasteiger partial charge in [-0.2, -0.15) is 0 Å². The number of amides is 2. The molecule has 2 aromatic rings. The minimum Gasteiger partial charge on any atom is -0.378 e. The van der Waals surface area contributed by atoms with E-state index in [2.05, 4.69) is 15.2 Å². The number of nitrogens with two attached hydrogens (primary N) is 1. The molecule has 0 atom stereocenters. The number of ether oxygens (including phenoxy) is 1. The molecule has 0 spiro atoms. The molecule has 1 saturated heterocycles. The molecule has 148 valence electrons. The first-order chi connectivity index (χ1) is 13.4. The molecule has 8 nitrogen and oxygen atoms in total. The Balaban J connectivity index is 1.58. The first kappa shape index (κ1) is 19.9. The molecular formula is C19H22ClN5O3. The molecule has 0 saturated carbocycles. The van der Waals surface area contributed by atoms with E-state index in [0.717, 1.165) is 32.0 Å². The van der Waals surface area contributed by atoms with Gasteiger partial charge in [0.2, 0.25) is 11.8 Å². The molecule has 1 aliphatic rings. The van der Waals surface area contributed by atoms with Crippen molar-refractivity contribution in [3.8, 4) is 0 Å². The summed E-state index contributed by atoms with van der Waals surface area (Å²) in [7, 11) is 1.69. The Morgan fingerprint density at radius 1 is 1.29 bits per heavy atom. The third kappa shape index (κ3) is 4.90. The van der Waals surface area contributed by atoms with E-state index >= 15 is 0 Å². The lowest BCUT2D eigenvalue weighted by Crippen LogP contribution is -2.36. The minimum absolute atomic E-state index is 0.0495. The van der Waals surface area contributed by atoms with Crippen LogP contribution in [0.15, 0.2) is 36.5 Å². The summed E-state index contributed by atoms with van der Waals surface area (Å²) >= 11 is 6.15. The summed E-state index contributed by atoms with van der Waals surface area (Å²) in [5.74, 6) is -0.426. The van der Waals surface area contributed by atoms with Crippen LogP contribution in [0.4, 0.5) is 17.2 Å². The lowest BCUT2D eigenvalue weighted by Gasteiger charge is -2.29. The molecular weight excluding hydrogens is 382 g/mol. The number of pyridine rings is 1. The molecule has 1 aliphatic heterocycles. The van der Waals surface area contributed by atoms with Crippen LogP contribution in [0.2, 0.25) is 5.02 Å². The topological polar surface area (TPSA) is 101 Å². The maximum atomic E-state index is 12.3. The van der Waals surface area contributed by atoms with E-state index in [1.807, 2.05) is 24.3 Å². The predicted molar refractivity (Wildman–Crippen MR) is 109 cm³/mol. The third-order valence-electron chi connectivity index (χ3n) is 4.38. The van der Waals surface area contributed by atoms with Crippen molar-refractivity contribution in [2.75, 3.05) is 55.0 Å². The third-order valence-corrected chi connectivity index (χ3v) is 4.65. The Morgan fingerprint density at radius 3 is 2.57 bits per heavy atom. The van der Waals surface area contributed by atoms with Crippen LogP contribution in [-0.2, 0) is 9.53 Å². The molecule has 0 bridgehead atoms. The van der Waals surface area contributed by atoms with Crippen LogP contribution in [0.5, 0.6) is 0 Å². The summed E-state index contributed by atoms with van der Waals surface area (Å²) in [6.07, 6.45) is 1.34. The van der Waals surface area contributed by atoms with Crippen molar-refractivity contribution in [2.45, 2.75) is 0 Å². The fourth-order valence-electron chi connectivity index (χ4n) is 2.91. The summed E-state index contributed by atoms with van der Waals surface area (Å²) in [6.45, 7) is 3.22. The number of rotatable bonds is 6. The normalized spacial score (nSPS) is 13.9. The van der Waals surface area contributed by atoms with Crippen LogP contribution < -0.4 is 20.9 Å². The van der Waals surface area contributed by atoms with Gasteiger partial charge in [0.25, 0.3) is 0 Å². The van der Waals surface area contributed by atoms with E-state index in [0.29, 0.717) is 11.5 Å². The Hall–Kier alpha value is -2.84. The van der Waals surface area contributed by atoms with Gasteiger partial charge in [-0.15, -0.1) is 0 Å². The van der Waals surface area contributed by atoms with Crippen LogP contribution in [0, 0.1) is 0 Å². The Kier molecular flexibility index (Phi) is 6.33. The van der Waals surface area contributed by atoms with Gasteiger partial charge in [-0.1, -0.05) is 11.6 Å². The Bertz CT molecular complexity index is 853. The predicted octanol–water partition coefficient (Wildman–Crippen LogP) is 1.75. The zero-order valence-electron chi connectivity index (χ0n) is 15.5. The number of carbonyl (C=O) groups is 2. The lowest BCUT2D eigenvalue weighted by atomic mass is 10.2. The van der Waals surface area contributed by atoms with Gasteiger partial charge >= 0.3 is 0 Å². The molecule has 0 radical (unpaired) electrons. The second-order valence-corrected chi connectivity index (χ2v) is 6.85. The number of carbonyl (C=O) groups excluding carboxylic acids is 2. The minimum atomic E-state index is -0.609. The fourth-order valence-corrected chi connectivity index (χ4v) is 3.22. The van der Waals surface area contributed by atoms with Crippen molar-refractivity contribution in [2.24, 2.45) is 5.73 Å². The van der Waals surface area contributed by atoms with E-state index in [4.69, 9.17) is 22.1 Å². The highest BCUT2D eigenvalue weighted by Crippen LogP contribution is 2.23. The summed E-state index contributed by atoms with van der Waals surface area (Å²) in [6, 6.07) is 9.13. The average Bonchev–Trinajstić information content (AvgIpc) is 2.69. The number of hydrogen-bond acceptors (Lipinski definition) is 6. The highest BCUT2D eigenvalue weighted by Gasteiger charge is 2.15. The van der Waals surface area contributed by atoms with Gasteiger partial charge in [0.1, 0.15) is 5.82 Å². The number of aromatic nitrogens is 1. The average molecular weight is 404 g/mol. The first-order valence-corrected chi connectivity index (χ1v) is 9.21. The van der Waals surface area contributed by atoms with E-state index in [1.165, 1.54) is 12.3 Å². The monoisotopic (exact) mass is 403 g/mol. The summed E-state index contributed by atoms with van der Waals surface area (Å²) in [4.78, 5) is 31.5. The summed E-state index contributed by atoms with van der Waals surface area (Å²) in [5.41, 5.74) is 7.23. The number of hydrogen-bond donors (Lipinski definition) is 2. The van der Waals surface area contributed by atoms with Gasteiger partial charge < -0.3 is 25.6 Å². The molecule has 3 N–H and O–H groups in total. The number of halogens is 1. The maximum Gasteiger partial charge on any atom is 0.250 e. The van der Waals surface area contributed by atoms with Gasteiger partial charge in [0.05, 0.1) is 30.3 Å². The second-order valence-electron chi connectivity index (χ2n) is 6.44. The van der Waals surface area contributed by atoms with Crippen molar-refractivity contribution in [1.29, 1.82) is 0 Å². The number of morpholine rings is 1. The first-order valence-electron chi connectivity index (χ1n) is 8.83. The van der Waals surface area contributed by atoms with Gasteiger partial charge in [-0.05, 0) is 30.3 Å². The van der Waals surface area contributed by atoms with Crippen molar-refractivity contribution in [3.05, 3.63) is 47.1 Å². The largest absolute Gasteiger partial charge is 0.378 e. The van der Waals surface area contributed by atoms with Gasteiger partial charge in [-0.3, -0.25) is 9.59 Å². The molecule has 2 heterocycles. The van der Waals surface area contributed by atoms with Gasteiger partial charge in [0.15, 0.2) is 0 Å². The Labute approximate surface area is 168 Å². The zero-order chi connectivity index (χ0) is 20.1. The summed E-state index contributed by atoms with van der Waals surface area (Å²) in [5, 5.41) is 3.10. The van der Waals surface area contributed by atoms with E-state index in [9.17, 15) is 9.59 Å². The molecule has 2 amide bonds. The molecule has 1 fully saturated rings. The second kappa shape index (κ2) is 8.90. The Morgan fingerprint density at radius 2 is 1.96 bits per heavy atom. The highest BCUT2D eigenvalue weighted by molar-refractivity contribution is 6.33. The SMILES string of the molecule is CN(CC(=O)Nc1ccc(N2CCOCC2)cc1)c1ncc(C(N)=O)cc1Cl. The summed E-state index contributed by atoms with van der Waals surface area (Å²) < 4.78 is 5.36. The fraction of sp³-hybridized carbons (Fsp3) is 0.316. The van der Waals surface area contributed by atoms with Gasteiger partial charge in [-0.25, -0.2) is 4.98 Å². The quantitative estimate of drug-likeness (QED) is 0.762. The number of likely N-dealkylation sites (N-methyl/N-ethyl adjacent to an activating group) is 1. The molecule has 9 heteroatoms. The van der Waals surface area contributed by atoms with Crippen LogP contribution >= 0.6 is 11.6 Å². The highest BCUT2D eigenvalue weighted by atomic mass is 35.5. The van der Waals surface area contributed by atoms with E-state index in [-0.39, 0.29) is 23.0 Å². The number of anilines is 3. The lowest BCUT2D eigenvalue weighted by molar-refractivity contribution is -0.114. The van der Waals surface area contributed by atoms with Crippen LogP contribution in [0.25, 0.3) is 0 Å². The molecule has 1 aromatic carbocycles. The molecule has 3 rings (SSSR count). The molecule has 0 unspecified atom stereocenters. The molecule has 1 aromatic heterocycles. The van der Waals surface area contributed by atoms with E-state index in [1.54, 1.807) is 11.9 Å². The van der Waals surface area contributed by atoms with Crippen LogP contribution in [0.3, 0.4) is 0 Å². The van der Waals surface area contributed by atoms with Crippen molar-refractivity contribution in [3.63, 3.8) is 0 Å². The van der Waals surface area contributed by atoms with Crippen molar-refractivity contribution < 1.29 is 14.3 Å². The number of primary amides is 1. The number of nitrogens with one attached hydrogen (secondary N) is 1. The van der Waals surface area contributed by atoms with Crippen LogP contribution in [0.1, 0.15) is 10.4 Å². The number of benzene rings is 1. The smallest absolute Gasteiger partial charge is 0.250 e. The maximum absolute atomic E-state index is 12.3. The van der Waals surface area contributed by atoms with Crippen LogP contribution in [-0.4, -0.2) is 56.7 Å². The standard InChI is InChI=1S/C19H22ClN5O3/c1-24(19-16(20)10-13(11-22-19)18(21)27)12-17(26)23-14-2-4-15(5-3-14)25-6-8-28-9-7-25/h2-5,10-11H,6-9,12H2,1H3,(H2,21,27)(H,23,26). The molecule has 28 heavy (non-hydrogen) atoms. The van der Waals surface area contributed by atoms with Crippen molar-refractivity contribution in [1.82, 2.24) is 4.98 Å². The number of nitrogens with zero attached hydrogens (tertiary/aromatic N) is 3.